The average molecular weight is 187 g/mol. The van der Waals surface area contributed by atoms with Gasteiger partial charge in [0.05, 0.1) is 17.6 Å². The van der Waals surface area contributed by atoms with Gasteiger partial charge in [0.15, 0.2) is 0 Å². The summed E-state index contributed by atoms with van der Waals surface area (Å²) in [6, 6.07) is 8.38. The fraction of sp³-hybridized carbons (Fsp3) is 0.182. The second-order valence-electron chi connectivity index (χ2n) is 3.47. The van der Waals surface area contributed by atoms with Gasteiger partial charge >= 0.3 is 0 Å². The number of hydrogen-bond acceptors (Lipinski definition) is 2. The van der Waals surface area contributed by atoms with Crippen LogP contribution in [0.15, 0.2) is 30.5 Å². The number of nitrogens with one attached hydrogen (secondary N) is 1. The van der Waals surface area contributed by atoms with E-state index in [9.17, 15) is 0 Å². The fourth-order valence-corrected chi connectivity index (χ4v) is 1.49. The molecule has 1 heterocycles. The molecule has 0 aliphatic carbocycles. The molecule has 14 heavy (non-hydrogen) atoms. The van der Waals surface area contributed by atoms with Crippen LogP contribution in [0, 0.1) is 6.92 Å². The van der Waals surface area contributed by atoms with E-state index >= 15 is 0 Å². The van der Waals surface area contributed by atoms with E-state index in [0.717, 1.165) is 17.8 Å². The van der Waals surface area contributed by atoms with E-state index in [4.69, 9.17) is 5.73 Å². The third kappa shape index (κ3) is 1.76. The van der Waals surface area contributed by atoms with Crippen molar-refractivity contribution in [3.63, 3.8) is 0 Å². The Labute approximate surface area is 83.0 Å². The summed E-state index contributed by atoms with van der Waals surface area (Å²) in [6.45, 7) is 2.08. The molecule has 2 aromatic rings. The molecule has 3 nitrogen and oxygen atoms in total. The quantitative estimate of drug-likeness (QED) is 0.754. The monoisotopic (exact) mass is 187 g/mol. The Morgan fingerprint density at radius 1 is 1.43 bits per heavy atom. The summed E-state index contributed by atoms with van der Waals surface area (Å²) in [5.74, 6) is 0. The highest BCUT2D eigenvalue weighted by atomic mass is 15.1. The van der Waals surface area contributed by atoms with Gasteiger partial charge in [0.25, 0.3) is 0 Å². The Hall–Kier alpha value is -1.77. The van der Waals surface area contributed by atoms with E-state index in [2.05, 4.69) is 41.4 Å². The van der Waals surface area contributed by atoms with E-state index in [1.807, 2.05) is 0 Å². The first-order valence-corrected chi connectivity index (χ1v) is 4.59. The molecule has 2 rings (SSSR count). The number of nitrogens with two attached hydrogens (primary N) is 1. The molecule has 0 spiro atoms. The molecule has 72 valence electrons. The molecule has 1 aromatic heterocycles. The fourth-order valence-electron chi connectivity index (χ4n) is 1.49. The maximum absolute atomic E-state index is 5.73. The van der Waals surface area contributed by atoms with Gasteiger partial charge in [-0.1, -0.05) is 29.8 Å². The van der Waals surface area contributed by atoms with E-state index in [0.29, 0.717) is 0 Å². The molecule has 3 N–H and O–H groups in total. The number of aromatic amines is 1. The van der Waals surface area contributed by atoms with Crippen LogP contribution >= 0.6 is 0 Å². The molecular weight excluding hydrogens is 174 g/mol. The lowest BCUT2D eigenvalue weighted by atomic mass is 10.1. The van der Waals surface area contributed by atoms with Crippen LogP contribution in [-0.4, -0.2) is 10.2 Å². The predicted octanol–water partition coefficient (Wildman–Crippen LogP) is 1.89. The molecule has 0 aliphatic heterocycles. The van der Waals surface area contributed by atoms with Crippen molar-refractivity contribution in [2.75, 3.05) is 5.73 Å². The number of H-pyrrole nitrogens is 1. The highest BCUT2D eigenvalue weighted by Gasteiger charge is 2.02. The van der Waals surface area contributed by atoms with E-state index < -0.39 is 0 Å². The van der Waals surface area contributed by atoms with Crippen LogP contribution in [0.1, 0.15) is 16.8 Å². The van der Waals surface area contributed by atoms with Crippen molar-refractivity contribution < 1.29 is 0 Å². The maximum Gasteiger partial charge on any atom is 0.0733 e. The summed E-state index contributed by atoms with van der Waals surface area (Å²) in [5, 5.41) is 6.79. The molecule has 1 aromatic carbocycles. The summed E-state index contributed by atoms with van der Waals surface area (Å²) in [6.07, 6.45) is 2.46. The molecule has 0 atom stereocenters. The van der Waals surface area contributed by atoms with Gasteiger partial charge in [-0.2, -0.15) is 5.10 Å². The van der Waals surface area contributed by atoms with Crippen LogP contribution < -0.4 is 5.73 Å². The standard InChI is InChI=1S/C11H13N3/c1-8-3-2-4-9(5-8)6-11-10(12)7-13-14-11/h2-5,7H,6,12H2,1H3,(H,13,14). The Morgan fingerprint density at radius 2 is 2.29 bits per heavy atom. The van der Waals surface area contributed by atoms with Gasteiger partial charge in [-0.3, -0.25) is 5.10 Å². The first-order chi connectivity index (χ1) is 6.75. The summed E-state index contributed by atoms with van der Waals surface area (Å²) in [7, 11) is 0. The van der Waals surface area contributed by atoms with Crippen molar-refractivity contribution in [3.05, 3.63) is 47.3 Å². The molecule has 0 unspecified atom stereocenters. The minimum absolute atomic E-state index is 0.728. The second-order valence-corrected chi connectivity index (χ2v) is 3.47. The Kier molecular flexibility index (Phi) is 2.23. The lowest BCUT2D eigenvalue weighted by Crippen LogP contribution is -1.94. The molecular formula is C11H13N3. The van der Waals surface area contributed by atoms with Crippen molar-refractivity contribution in [2.45, 2.75) is 13.3 Å². The molecule has 0 bridgehead atoms. The van der Waals surface area contributed by atoms with Crippen molar-refractivity contribution in [2.24, 2.45) is 0 Å². The molecule has 3 heteroatoms. The highest BCUT2D eigenvalue weighted by Crippen LogP contribution is 2.13. The second kappa shape index (κ2) is 3.54. The third-order valence-corrected chi connectivity index (χ3v) is 2.21. The lowest BCUT2D eigenvalue weighted by Gasteiger charge is -2.01. The molecule has 0 fully saturated rings. The number of nitrogen functional groups attached to an aromatic ring is 1. The van der Waals surface area contributed by atoms with Crippen LogP contribution in [0.3, 0.4) is 0 Å². The summed E-state index contributed by atoms with van der Waals surface area (Å²) < 4.78 is 0. The largest absolute Gasteiger partial charge is 0.396 e. The SMILES string of the molecule is Cc1cccc(Cc2[nH]ncc2N)c1. The molecule has 0 saturated carbocycles. The number of aromatic nitrogens is 2. The summed E-state index contributed by atoms with van der Waals surface area (Å²) in [5.41, 5.74) is 9.96. The number of hydrogen-bond donors (Lipinski definition) is 2. The van der Waals surface area contributed by atoms with E-state index in [1.54, 1.807) is 6.20 Å². The molecule has 0 radical (unpaired) electrons. The predicted molar refractivity (Wildman–Crippen MR) is 57.0 cm³/mol. The normalized spacial score (nSPS) is 10.4. The van der Waals surface area contributed by atoms with Gasteiger partial charge in [0, 0.05) is 6.42 Å². The van der Waals surface area contributed by atoms with Crippen LogP contribution in [0.25, 0.3) is 0 Å². The van der Waals surface area contributed by atoms with Crippen LogP contribution in [-0.2, 0) is 6.42 Å². The zero-order valence-corrected chi connectivity index (χ0v) is 8.12. The van der Waals surface area contributed by atoms with Gasteiger partial charge in [0.2, 0.25) is 0 Å². The number of rotatable bonds is 2. The molecule has 0 amide bonds. The minimum atomic E-state index is 0.728. The van der Waals surface area contributed by atoms with Gasteiger partial charge < -0.3 is 5.73 Å². The first kappa shape index (κ1) is 8.81. The van der Waals surface area contributed by atoms with Gasteiger partial charge in [-0.15, -0.1) is 0 Å². The Balaban J connectivity index is 2.23. The van der Waals surface area contributed by atoms with Gasteiger partial charge in [-0.25, -0.2) is 0 Å². The van der Waals surface area contributed by atoms with Crippen molar-refractivity contribution in [1.82, 2.24) is 10.2 Å². The van der Waals surface area contributed by atoms with E-state index in [1.165, 1.54) is 11.1 Å². The van der Waals surface area contributed by atoms with Gasteiger partial charge in [-0.05, 0) is 12.5 Å². The van der Waals surface area contributed by atoms with E-state index in [-0.39, 0.29) is 0 Å². The van der Waals surface area contributed by atoms with Crippen LogP contribution in [0.5, 0.6) is 0 Å². The number of anilines is 1. The highest BCUT2D eigenvalue weighted by molar-refractivity contribution is 5.42. The first-order valence-electron chi connectivity index (χ1n) is 4.59. The lowest BCUT2D eigenvalue weighted by molar-refractivity contribution is 0.996. The van der Waals surface area contributed by atoms with Crippen molar-refractivity contribution >= 4 is 5.69 Å². The third-order valence-electron chi connectivity index (χ3n) is 2.21. The summed E-state index contributed by atoms with van der Waals surface area (Å²) >= 11 is 0. The van der Waals surface area contributed by atoms with Crippen molar-refractivity contribution in [3.8, 4) is 0 Å². The Bertz CT molecular complexity index is 432. The molecule has 0 saturated heterocycles. The average Bonchev–Trinajstić information content (AvgIpc) is 2.52. The number of aryl methyl sites for hydroxylation is 1. The van der Waals surface area contributed by atoms with Gasteiger partial charge in [0.1, 0.15) is 0 Å². The van der Waals surface area contributed by atoms with Crippen molar-refractivity contribution in [1.29, 1.82) is 0 Å². The van der Waals surface area contributed by atoms with Crippen LogP contribution in [0.4, 0.5) is 5.69 Å². The Morgan fingerprint density at radius 3 is 2.93 bits per heavy atom. The minimum Gasteiger partial charge on any atom is -0.396 e. The smallest absolute Gasteiger partial charge is 0.0733 e. The number of nitrogens with zero attached hydrogens (tertiary/aromatic N) is 1. The summed E-state index contributed by atoms with van der Waals surface area (Å²) in [4.78, 5) is 0. The zero-order chi connectivity index (χ0) is 9.97. The molecule has 0 aliphatic rings. The maximum atomic E-state index is 5.73. The topological polar surface area (TPSA) is 54.7 Å². The zero-order valence-electron chi connectivity index (χ0n) is 8.12. The van der Waals surface area contributed by atoms with Crippen LogP contribution in [0.2, 0.25) is 0 Å². The number of benzene rings is 1.